The minimum absolute atomic E-state index is 0.209. The van der Waals surface area contributed by atoms with Gasteiger partial charge in [0, 0.05) is 33.3 Å². The molecule has 4 rings (SSSR count). The number of hydrogen-bond acceptors (Lipinski definition) is 4. The molecule has 2 aliphatic heterocycles. The van der Waals surface area contributed by atoms with E-state index in [1.807, 2.05) is 0 Å². The molecule has 2 atom stereocenters. The lowest BCUT2D eigenvalue weighted by Crippen LogP contribution is -2.63. The largest absolute Gasteiger partial charge is 0.359 e. The van der Waals surface area contributed by atoms with Gasteiger partial charge in [-0.15, -0.1) is 0 Å². The fraction of sp³-hybridized carbons (Fsp3) is 0.364. The molecule has 0 bridgehead atoms. The molecule has 1 fully saturated rings. The summed E-state index contributed by atoms with van der Waals surface area (Å²) in [5, 5.41) is 18.0. The van der Waals surface area contributed by atoms with Gasteiger partial charge in [0.15, 0.2) is 0 Å². The van der Waals surface area contributed by atoms with E-state index in [-0.39, 0.29) is 11.6 Å². The molecule has 2 aromatic rings. The number of amides is 3. The summed E-state index contributed by atoms with van der Waals surface area (Å²) in [7, 11) is 0. The number of benzene rings is 2. The maximum absolute atomic E-state index is 13.5. The van der Waals surface area contributed by atoms with Gasteiger partial charge in [0.2, 0.25) is 0 Å². The molecule has 0 aliphatic carbocycles. The summed E-state index contributed by atoms with van der Waals surface area (Å²) in [5.74, 6) is -0.653. The summed E-state index contributed by atoms with van der Waals surface area (Å²) >= 11 is 9.40. The second-order valence-corrected chi connectivity index (χ2v) is 9.09. The van der Waals surface area contributed by atoms with Crippen molar-refractivity contribution in [3.8, 4) is 0 Å². The standard InChI is InChI=1S/C22H24BrClN4O3/c1-2-27-11-3-4-17(27)13-25-20(29)22(31)18-12-14(23)5-10-19(18)26-21(30)28(22)16-8-6-15(24)7-9-16/h5-10,12,17,31H,2-4,11,13H2,1H3,(H,25,29)(H,26,30)/t17-,22-/m1/s1. The Balaban J connectivity index is 1.73. The molecule has 0 unspecified atom stereocenters. The molecule has 164 valence electrons. The van der Waals surface area contributed by atoms with Crippen LogP contribution in [0.25, 0.3) is 0 Å². The first-order chi connectivity index (χ1) is 14.8. The molecular formula is C22H24BrClN4O3. The Kier molecular flexibility index (Phi) is 6.25. The van der Waals surface area contributed by atoms with Gasteiger partial charge in [-0.25, -0.2) is 4.79 Å². The fourth-order valence-corrected chi connectivity index (χ4v) is 4.83. The summed E-state index contributed by atoms with van der Waals surface area (Å²) in [5.41, 5.74) is -1.22. The number of aliphatic hydroxyl groups is 1. The number of halogens is 2. The van der Waals surface area contributed by atoms with Crippen LogP contribution in [0, 0.1) is 0 Å². The van der Waals surface area contributed by atoms with E-state index in [9.17, 15) is 14.7 Å². The van der Waals surface area contributed by atoms with Crippen molar-refractivity contribution in [2.45, 2.75) is 31.5 Å². The number of carbonyl (C=O) groups excluding carboxylic acids is 2. The van der Waals surface area contributed by atoms with E-state index in [2.05, 4.69) is 38.4 Å². The zero-order chi connectivity index (χ0) is 22.2. The number of nitrogens with zero attached hydrogens (tertiary/aromatic N) is 2. The maximum Gasteiger partial charge on any atom is 0.329 e. The third-order valence-electron chi connectivity index (χ3n) is 5.93. The zero-order valence-corrected chi connectivity index (χ0v) is 19.4. The molecule has 2 aliphatic rings. The summed E-state index contributed by atoms with van der Waals surface area (Å²) in [4.78, 5) is 29.9. The number of fused-ring (bicyclic) bond motifs is 1. The van der Waals surface area contributed by atoms with E-state index in [4.69, 9.17) is 11.6 Å². The van der Waals surface area contributed by atoms with Gasteiger partial charge in [0.1, 0.15) is 0 Å². The van der Waals surface area contributed by atoms with Crippen molar-refractivity contribution in [2.75, 3.05) is 29.9 Å². The number of anilines is 2. The Morgan fingerprint density at radius 3 is 2.77 bits per heavy atom. The predicted molar refractivity (Wildman–Crippen MR) is 124 cm³/mol. The lowest BCUT2D eigenvalue weighted by molar-refractivity contribution is -0.140. The lowest BCUT2D eigenvalue weighted by atomic mass is 9.94. The summed E-state index contributed by atoms with van der Waals surface area (Å²) in [6, 6.07) is 11.1. The van der Waals surface area contributed by atoms with Gasteiger partial charge < -0.3 is 15.7 Å². The Morgan fingerprint density at radius 1 is 1.32 bits per heavy atom. The van der Waals surface area contributed by atoms with Crippen LogP contribution in [-0.4, -0.2) is 47.6 Å². The van der Waals surface area contributed by atoms with E-state index < -0.39 is 17.7 Å². The normalized spacial score (nSPS) is 23.4. The SMILES string of the molecule is CCN1CCC[C@@H]1CNC(=O)[C@]1(O)c2cc(Br)ccc2NC(=O)N1c1ccc(Cl)cc1. The highest BCUT2D eigenvalue weighted by molar-refractivity contribution is 9.10. The van der Waals surface area contributed by atoms with E-state index in [0.717, 1.165) is 30.8 Å². The van der Waals surface area contributed by atoms with Crippen LogP contribution in [0.3, 0.4) is 0 Å². The average Bonchev–Trinajstić information content (AvgIpc) is 3.21. The number of hydrogen-bond donors (Lipinski definition) is 3. The molecule has 0 aromatic heterocycles. The Morgan fingerprint density at radius 2 is 2.06 bits per heavy atom. The highest BCUT2D eigenvalue weighted by Crippen LogP contribution is 2.41. The second-order valence-electron chi connectivity index (χ2n) is 7.74. The van der Waals surface area contributed by atoms with Crippen molar-refractivity contribution in [3.63, 3.8) is 0 Å². The number of rotatable bonds is 5. The summed E-state index contributed by atoms with van der Waals surface area (Å²) in [6.07, 6.45) is 2.06. The van der Waals surface area contributed by atoms with Crippen molar-refractivity contribution in [1.82, 2.24) is 10.2 Å². The molecular weight excluding hydrogens is 484 g/mol. The van der Waals surface area contributed by atoms with Crippen molar-refractivity contribution >= 4 is 50.8 Å². The zero-order valence-electron chi connectivity index (χ0n) is 17.1. The molecule has 7 nitrogen and oxygen atoms in total. The molecule has 3 N–H and O–H groups in total. The Hall–Kier alpha value is -2.13. The Labute approximate surface area is 194 Å². The lowest BCUT2D eigenvalue weighted by Gasteiger charge is -2.43. The number of nitrogens with one attached hydrogen (secondary N) is 2. The average molecular weight is 508 g/mol. The molecule has 0 saturated carbocycles. The van der Waals surface area contributed by atoms with Crippen LogP contribution in [0.2, 0.25) is 5.02 Å². The highest BCUT2D eigenvalue weighted by Gasteiger charge is 2.52. The van der Waals surface area contributed by atoms with Crippen LogP contribution in [0.5, 0.6) is 0 Å². The molecule has 1 saturated heterocycles. The van der Waals surface area contributed by atoms with E-state index in [0.29, 0.717) is 27.4 Å². The molecule has 2 aromatic carbocycles. The number of likely N-dealkylation sites (tertiary alicyclic amines) is 1. The van der Waals surface area contributed by atoms with Gasteiger partial charge in [0.05, 0.1) is 5.69 Å². The van der Waals surface area contributed by atoms with Crippen LogP contribution < -0.4 is 15.5 Å². The minimum Gasteiger partial charge on any atom is -0.359 e. The fourth-order valence-electron chi connectivity index (χ4n) is 4.35. The van der Waals surface area contributed by atoms with Crippen LogP contribution in [0.15, 0.2) is 46.9 Å². The van der Waals surface area contributed by atoms with Gasteiger partial charge in [-0.2, -0.15) is 0 Å². The van der Waals surface area contributed by atoms with Crippen LogP contribution in [0.4, 0.5) is 16.2 Å². The monoisotopic (exact) mass is 506 g/mol. The molecule has 9 heteroatoms. The number of carbonyl (C=O) groups is 2. The summed E-state index contributed by atoms with van der Waals surface area (Å²) in [6.45, 7) is 4.39. The first kappa shape index (κ1) is 22.1. The van der Waals surface area contributed by atoms with Gasteiger partial charge in [0.25, 0.3) is 11.6 Å². The third-order valence-corrected chi connectivity index (χ3v) is 6.68. The van der Waals surface area contributed by atoms with E-state index >= 15 is 0 Å². The van der Waals surface area contributed by atoms with Crippen molar-refractivity contribution < 1.29 is 14.7 Å². The summed E-state index contributed by atoms with van der Waals surface area (Å²) < 4.78 is 0.678. The highest BCUT2D eigenvalue weighted by atomic mass is 79.9. The maximum atomic E-state index is 13.5. The molecule has 2 heterocycles. The van der Waals surface area contributed by atoms with Gasteiger partial charge in [-0.1, -0.05) is 34.5 Å². The van der Waals surface area contributed by atoms with Crippen molar-refractivity contribution in [1.29, 1.82) is 0 Å². The molecule has 0 radical (unpaired) electrons. The quantitative estimate of drug-likeness (QED) is 0.573. The topological polar surface area (TPSA) is 84.9 Å². The number of likely N-dealkylation sites (N-methyl/N-ethyl adjacent to an activating group) is 1. The molecule has 31 heavy (non-hydrogen) atoms. The molecule has 0 spiro atoms. The smallest absolute Gasteiger partial charge is 0.329 e. The second kappa shape index (κ2) is 8.78. The Bertz CT molecular complexity index is 1000. The minimum atomic E-state index is -2.23. The van der Waals surface area contributed by atoms with Crippen molar-refractivity contribution in [2.24, 2.45) is 0 Å². The van der Waals surface area contributed by atoms with Gasteiger partial charge >= 0.3 is 6.03 Å². The number of urea groups is 1. The van der Waals surface area contributed by atoms with Gasteiger partial charge in [-0.3, -0.25) is 14.6 Å². The van der Waals surface area contributed by atoms with Crippen LogP contribution in [-0.2, 0) is 10.5 Å². The molecule has 3 amide bonds. The first-order valence-electron chi connectivity index (χ1n) is 10.3. The van der Waals surface area contributed by atoms with Crippen molar-refractivity contribution in [3.05, 3.63) is 57.5 Å². The van der Waals surface area contributed by atoms with Crippen LogP contribution in [0.1, 0.15) is 25.3 Å². The van der Waals surface area contributed by atoms with Crippen LogP contribution >= 0.6 is 27.5 Å². The van der Waals surface area contributed by atoms with E-state index in [1.165, 1.54) is 0 Å². The predicted octanol–water partition coefficient (Wildman–Crippen LogP) is 3.90. The van der Waals surface area contributed by atoms with Gasteiger partial charge in [-0.05, 0) is 68.4 Å². The first-order valence-corrected chi connectivity index (χ1v) is 11.4. The van der Waals surface area contributed by atoms with E-state index in [1.54, 1.807) is 42.5 Å². The third kappa shape index (κ3) is 4.05.